The molecule has 0 bridgehead atoms. The van der Waals surface area contributed by atoms with Gasteiger partial charge >= 0.3 is 0 Å². The molecule has 19 heavy (non-hydrogen) atoms. The smallest absolute Gasteiger partial charge is 0.0446 e. The van der Waals surface area contributed by atoms with Crippen LogP contribution >= 0.6 is 0 Å². The summed E-state index contributed by atoms with van der Waals surface area (Å²) in [5, 5.41) is 12.7. The van der Waals surface area contributed by atoms with E-state index in [1.54, 1.807) is 0 Å². The first-order chi connectivity index (χ1) is 9.04. The molecular formula is C15H33N3O. The van der Waals surface area contributed by atoms with Crippen LogP contribution in [-0.2, 0) is 0 Å². The first-order valence-electron chi connectivity index (χ1n) is 7.74. The van der Waals surface area contributed by atoms with Crippen LogP contribution in [-0.4, -0.2) is 73.9 Å². The zero-order valence-corrected chi connectivity index (χ0v) is 13.3. The van der Waals surface area contributed by atoms with Gasteiger partial charge in [-0.05, 0) is 59.8 Å². The van der Waals surface area contributed by atoms with Crippen molar-refractivity contribution in [1.82, 2.24) is 15.1 Å². The Hall–Kier alpha value is -0.160. The SMILES string of the molecule is CCCNC(CCO)CN(C)CC1(N(C)C)CCC1. The zero-order chi connectivity index (χ0) is 14.3. The second-order valence-electron chi connectivity index (χ2n) is 6.33. The highest BCUT2D eigenvalue weighted by Gasteiger charge is 2.39. The van der Waals surface area contributed by atoms with Crippen molar-refractivity contribution in [3.63, 3.8) is 0 Å². The van der Waals surface area contributed by atoms with Crippen molar-refractivity contribution >= 4 is 0 Å². The predicted octanol–water partition coefficient (Wildman–Crippen LogP) is 1.15. The van der Waals surface area contributed by atoms with Crippen LogP contribution < -0.4 is 5.32 Å². The van der Waals surface area contributed by atoms with Crippen LogP contribution in [0.1, 0.15) is 39.0 Å². The van der Waals surface area contributed by atoms with Gasteiger partial charge in [-0.2, -0.15) is 0 Å². The molecule has 1 saturated carbocycles. The van der Waals surface area contributed by atoms with Crippen molar-refractivity contribution in [3.05, 3.63) is 0 Å². The monoisotopic (exact) mass is 271 g/mol. The summed E-state index contributed by atoms with van der Waals surface area (Å²) >= 11 is 0. The summed E-state index contributed by atoms with van der Waals surface area (Å²) in [6.07, 6.45) is 5.99. The number of rotatable bonds is 10. The van der Waals surface area contributed by atoms with Crippen LogP contribution in [0.3, 0.4) is 0 Å². The van der Waals surface area contributed by atoms with Crippen LogP contribution in [0.25, 0.3) is 0 Å². The molecule has 1 aliphatic rings. The molecule has 114 valence electrons. The Bertz CT molecular complexity index is 242. The molecule has 1 unspecified atom stereocenters. The van der Waals surface area contributed by atoms with Crippen molar-refractivity contribution in [2.75, 3.05) is 47.4 Å². The lowest BCUT2D eigenvalue weighted by Gasteiger charge is -2.49. The number of hydrogen-bond acceptors (Lipinski definition) is 4. The highest BCUT2D eigenvalue weighted by molar-refractivity contribution is 4.98. The topological polar surface area (TPSA) is 38.7 Å². The number of aliphatic hydroxyl groups excluding tert-OH is 1. The molecule has 1 fully saturated rings. The van der Waals surface area contributed by atoms with Gasteiger partial charge in [-0.15, -0.1) is 0 Å². The number of nitrogens with one attached hydrogen (secondary N) is 1. The van der Waals surface area contributed by atoms with Crippen LogP contribution in [0.5, 0.6) is 0 Å². The Morgan fingerprint density at radius 3 is 2.37 bits per heavy atom. The van der Waals surface area contributed by atoms with E-state index in [9.17, 15) is 0 Å². The molecule has 0 radical (unpaired) electrons. The molecular weight excluding hydrogens is 238 g/mol. The Morgan fingerprint density at radius 1 is 1.26 bits per heavy atom. The standard InChI is InChI=1S/C15H33N3O/c1-5-10-16-14(7-11-19)12-18(4)13-15(17(2)3)8-6-9-15/h14,16,19H,5-13H2,1-4H3. The summed E-state index contributed by atoms with van der Waals surface area (Å²) in [6, 6.07) is 0.411. The molecule has 1 atom stereocenters. The second-order valence-corrected chi connectivity index (χ2v) is 6.33. The maximum absolute atomic E-state index is 9.16. The van der Waals surface area contributed by atoms with Gasteiger partial charge in [0.15, 0.2) is 0 Å². The lowest BCUT2D eigenvalue weighted by Crippen LogP contribution is -2.57. The Kier molecular flexibility index (Phi) is 7.29. The fraction of sp³-hybridized carbons (Fsp3) is 1.00. The van der Waals surface area contributed by atoms with Crippen LogP contribution in [0.2, 0.25) is 0 Å². The van der Waals surface area contributed by atoms with E-state index >= 15 is 0 Å². The van der Waals surface area contributed by atoms with Crippen LogP contribution in [0, 0.1) is 0 Å². The molecule has 1 rings (SSSR count). The minimum Gasteiger partial charge on any atom is -0.396 e. The number of aliphatic hydroxyl groups is 1. The van der Waals surface area contributed by atoms with E-state index in [2.05, 4.69) is 43.2 Å². The third-order valence-electron chi connectivity index (χ3n) is 4.49. The Labute approximate surface area is 119 Å². The molecule has 0 amide bonds. The minimum absolute atomic E-state index is 0.272. The van der Waals surface area contributed by atoms with Gasteiger partial charge in [-0.25, -0.2) is 0 Å². The Balaban J connectivity index is 2.40. The Morgan fingerprint density at radius 2 is 1.95 bits per heavy atom. The zero-order valence-electron chi connectivity index (χ0n) is 13.3. The first kappa shape index (κ1) is 16.9. The first-order valence-corrected chi connectivity index (χ1v) is 7.74. The lowest BCUT2D eigenvalue weighted by atomic mass is 9.75. The van der Waals surface area contributed by atoms with E-state index < -0.39 is 0 Å². The summed E-state index contributed by atoms with van der Waals surface area (Å²) in [6.45, 7) is 5.65. The van der Waals surface area contributed by atoms with Crippen LogP contribution in [0.15, 0.2) is 0 Å². The largest absolute Gasteiger partial charge is 0.396 e. The van der Waals surface area contributed by atoms with E-state index in [-0.39, 0.29) is 6.61 Å². The van der Waals surface area contributed by atoms with Crippen molar-refractivity contribution in [2.45, 2.75) is 50.6 Å². The van der Waals surface area contributed by atoms with Gasteiger partial charge in [0.25, 0.3) is 0 Å². The summed E-state index contributed by atoms with van der Waals surface area (Å²) in [4.78, 5) is 4.83. The summed E-state index contributed by atoms with van der Waals surface area (Å²) in [7, 11) is 6.61. The van der Waals surface area contributed by atoms with Gasteiger partial charge in [-0.3, -0.25) is 0 Å². The molecule has 4 heteroatoms. The van der Waals surface area contributed by atoms with E-state index in [0.717, 1.165) is 32.5 Å². The highest BCUT2D eigenvalue weighted by atomic mass is 16.3. The maximum atomic E-state index is 9.16. The third kappa shape index (κ3) is 5.03. The highest BCUT2D eigenvalue weighted by Crippen LogP contribution is 2.36. The summed E-state index contributed by atoms with van der Waals surface area (Å²) in [5.74, 6) is 0. The molecule has 0 aromatic carbocycles. The minimum atomic E-state index is 0.272. The van der Waals surface area contributed by atoms with E-state index in [4.69, 9.17) is 5.11 Å². The number of likely N-dealkylation sites (N-methyl/N-ethyl adjacent to an activating group) is 2. The average molecular weight is 271 g/mol. The normalized spacial score (nSPS) is 19.7. The molecule has 0 saturated heterocycles. The van der Waals surface area contributed by atoms with Gasteiger partial charge < -0.3 is 20.2 Å². The van der Waals surface area contributed by atoms with Crippen molar-refractivity contribution in [1.29, 1.82) is 0 Å². The average Bonchev–Trinajstić information content (AvgIpc) is 2.30. The quantitative estimate of drug-likeness (QED) is 0.625. The molecule has 4 nitrogen and oxygen atoms in total. The molecule has 1 aliphatic carbocycles. The maximum Gasteiger partial charge on any atom is 0.0446 e. The second kappa shape index (κ2) is 8.20. The van der Waals surface area contributed by atoms with E-state index in [0.29, 0.717) is 11.6 Å². The van der Waals surface area contributed by atoms with Gasteiger partial charge in [0.2, 0.25) is 0 Å². The van der Waals surface area contributed by atoms with Crippen molar-refractivity contribution in [2.24, 2.45) is 0 Å². The van der Waals surface area contributed by atoms with Gasteiger partial charge in [0.05, 0.1) is 0 Å². The lowest BCUT2D eigenvalue weighted by molar-refractivity contribution is 0.0249. The van der Waals surface area contributed by atoms with Gasteiger partial charge in [0, 0.05) is 31.3 Å². The predicted molar refractivity (Wildman–Crippen MR) is 81.6 cm³/mol. The molecule has 2 N–H and O–H groups in total. The summed E-state index contributed by atoms with van der Waals surface area (Å²) < 4.78 is 0. The fourth-order valence-electron chi connectivity index (χ4n) is 3.04. The van der Waals surface area contributed by atoms with Gasteiger partial charge in [0.1, 0.15) is 0 Å². The number of nitrogens with zero attached hydrogens (tertiary/aromatic N) is 2. The van der Waals surface area contributed by atoms with Crippen molar-refractivity contribution < 1.29 is 5.11 Å². The molecule has 0 spiro atoms. The summed E-state index contributed by atoms with van der Waals surface area (Å²) in [5.41, 5.74) is 0.392. The van der Waals surface area contributed by atoms with Crippen molar-refractivity contribution in [3.8, 4) is 0 Å². The third-order valence-corrected chi connectivity index (χ3v) is 4.49. The molecule has 0 aliphatic heterocycles. The molecule has 0 aromatic rings. The van der Waals surface area contributed by atoms with E-state index in [1.165, 1.54) is 19.3 Å². The molecule has 0 aromatic heterocycles. The van der Waals surface area contributed by atoms with Crippen LogP contribution in [0.4, 0.5) is 0 Å². The van der Waals surface area contributed by atoms with E-state index in [1.807, 2.05) is 0 Å². The fourth-order valence-corrected chi connectivity index (χ4v) is 3.04. The number of hydrogen-bond donors (Lipinski definition) is 2. The van der Waals surface area contributed by atoms with Gasteiger partial charge in [-0.1, -0.05) is 6.92 Å². The molecule has 0 heterocycles.